The molecule has 2 rings (SSSR count). The molecule has 0 bridgehead atoms. The average Bonchev–Trinajstić information content (AvgIpc) is 2.52. The predicted octanol–water partition coefficient (Wildman–Crippen LogP) is 0.802. The van der Waals surface area contributed by atoms with Gasteiger partial charge in [-0.1, -0.05) is 6.07 Å². The molecule has 1 heterocycles. The first kappa shape index (κ1) is 11.8. The van der Waals surface area contributed by atoms with Gasteiger partial charge in [-0.05, 0) is 12.1 Å². The third-order valence-electron chi connectivity index (χ3n) is 2.44. The summed E-state index contributed by atoms with van der Waals surface area (Å²) >= 11 is 0. The molecule has 0 aliphatic heterocycles. The molecule has 0 aliphatic carbocycles. The van der Waals surface area contributed by atoms with Crippen LogP contribution in [-0.2, 0) is 16.4 Å². The number of nitrogens with two attached hydrogens (primary N) is 1. The summed E-state index contributed by atoms with van der Waals surface area (Å²) in [6, 6.07) is 4.48. The fourth-order valence-corrected chi connectivity index (χ4v) is 2.14. The number of para-hydroxylation sites is 1. The zero-order valence-corrected chi connectivity index (χ0v) is 10.0. The molecule has 0 unspecified atom stereocenters. The number of hydrogen-bond acceptors (Lipinski definition) is 4. The van der Waals surface area contributed by atoms with E-state index in [1.807, 2.05) is 0 Å². The highest BCUT2D eigenvalue weighted by Crippen LogP contribution is 2.20. The van der Waals surface area contributed by atoms with Crippen molar-refractivity contribution in [3.8, 4) is 0 Å². The van der Waals surface area contributed by atoms with Crippen LogP contribution in [0.2, 0.25) is 0 Å². The smallest absolute Gasteiger partial charge is 0.201 e. The van der Waals surface area contributed by atoms with E-state index in [1.165, 1.54) is 16.7 Å². The van der Waals surface area contributed by atoms with Crippen molar-refractivity contribution in [2.45, 2.75) is 6.54 Å². The van der Waals surface area contributed by atoms with Crippen LogP contribution in [-0.4, -0.2) is 30.0 Å². The minimum Gasteiger partial charge on any atom is -0.369 e. The van der Waals surface area contributed by atoms with Crippen LogP contribution in [0.3, 0.4) is 0 Å². The van der Waals surface area contributed by atoms with E-state index in [0.29, 0.717) is 5.52 Å². The zero-order valence-electron chi connectivity index (χ0n) is 9.22. The van der Waals surface area contributed by atoms with Gasteiger partial charge in [0.05, 0.1) is 11.3 Å². The van der Waals surface area contributed by atoms with Crippen molar-refractivity contribution in [2.24, 2.45) is 0 Å². The Kier molecular flexibility index (Phi) is 2.78. The molecule has 7 heteroatoms. The molecule has 2 aromatic rings. The number of nitrogens with zero attached hydrogens (tertiary/aromatic N) is 2. The molecule has 0 saturated heterocycles. The Morgan fingerprint density at radius 1 is 1.47 bits per heavy atom. The highest BCUT2D eigenvalue weighted by Gasteiger charge is 2.12. The van der Waals surface area contributed by atoms with Gasteiger partial charge in [-0.3, -0.25) is 0 Å². The quantitative estimate of drug-likeness (QED) is 0.882. The number of benzene rings is 1. The summed E-state index contributed by atoms with van der Waals surface area (Å²) in [5, 5.41) is 0. The largest absolute Gasteiger partial charge is 0.369 e. The van der Waals surface area contributed by atoms with Gasteiger partial charge in [0.15, 0.2) is 5.82 Å². The number of rotatable bonds is 3. The summed E-state index contributed by atoms with van der Waals surface area (Å²) in [5.74, 6) is -0.403. The van der Waals surface area contributed by atoms with Gasteiger partial charge >= 0.3 is 0 Å². The minimum atomic E-state index is -3.09. The lowest BCUT2D eigenvalue weighted by Gasteiger charge is -2.04. The molecule has 5 nitrogen and oxygen atoms in total. The molecular weight excluding hydrogens is 245 g/mol. The first-order chi connectivity index (χ1) is 7.88. The molecule has 17 heavy (non-hydrogen) atoms. The van der Waals surface area contributed by atoms with E-state index in [-0.39, 0.29) is 23.8 Å². The Morgan fingerprint density at radius 3 is 2.82 bits per heavy atom. The highest BCUT2D eigenvalue weighted by molar-refractivity contribution is 7.90. The molecule has 0 saturated carbocycles. The Hall–Kier alpha value is -1.63. The van der Waals surface area contributed by atoms with Crippen LogP contribution >= 0.6 is 0 Å². The maximum absolute atomic E-state index is 13.4. The van der Waals surface area contributed by atoms with Crippen LogP contribution in [0.4, 0.5) is 10.3 Å². The molecule has 0 spiro atoms. The van der Waals surface area contributed by atoms with Crippen molar-refractivity contribution in [3.63, 3.8) is 0 Å². The maximum Gasteiger partial charge on any atom is 0.201 e. The average molecular weight is 257 g/mol. The second-order valence-corrected chi connectivity index (χ2v) is 6.12. The lowest BCUT2D eigenvalue weighted by atomic mass is 10.3. The molecule has 92 valence electrons. The van der Waals surface area contributed by atoms with Crippen LogP contribution < -0.4 is 5.73 Å². The zero-order chi connectivity index (χ0) is 12.6. The van der Waals surface area contributed by atoms with Gasteiger partial charge in [0, 0.05) is 12.8 Å². The van der Waals surface area contributed by atoms with Gasteiger partial charge in [-0.25, -0.2) is 17.8 Å². The van der Waals surface area contributed by atoms with Gasteiger partial charge in [-0.15, -0.1) is 0 Å². The lowest BCUT2D eigenvalue weighted by molar-refractivity contribution is 0.596. The lowest BCUT2D eigenvalue weighted by Crippen LogP contribution is -2.12. The number of hydrogen-bond donors (Lipinski definition) is 1. The van der Waals surface area contributed by atoms with Crippen LogP contribution in [0, 0.1) is 5.82 Å². The number of fused-ring (bicyclic) bond motifs is 1. The molecule has 1 aromatic carbocycles. The van der Waals surface area contributed by atoms with Crippen molar-refractivity contribution < 1.29 is 12.8 Å². The van der Waals surface area contributed by atoms with Crippen LogP contribution in [0.15, 0.2) is 18.2 Å². The van der Waals surface area contributed by atoms with E-state index >= 15 is 0 Å². The molecule has 2 N–H and O–H groups in total. The summed E-state index contributed by atoms with van der Waals surface area (Å²) in [5.41, 5.74) is 6.31. The molecule has 0 amide bonds. The molecule has 1 aromatic heterocycles. The standard InChI is InChI=1S/C10H12FN3O2S/c1-17(15,16)6-5-14-8-4-2-3-7(11)9(8)13-10(14)12/h2-4H,5-6H2,1H3,(H2,12,13). The van der Waals surface area contributed by atoms with Crippen molar-refractivity contribution in [2.75, 3.05) is 17.7 Å². The van der Waals surface area contributed by atoms with E-state index in [0.717, 1.165) is 6.26 Å². The van der Waals surface area contributed by atoms with Crippen molar-refractivity contribution >= 4 is 26.8 Å². The predicted molar refractivity (Wildman–Crippen MR) is 63.8 cm³/mol. The molecule has 0 radical (unpaired) electrons. The number of imidazole rings is 1. The Balaban J connectivity index is 2.47. The highest BCUT2D eigenvalue weighted by atomic mass is 32.2. The van der Waals surface area contributed by atoms with Crippen LogP contribution in [0.1, 0.15) is 0 Å². The second-order valence-electron chi connectivity index (χ2n) is 3.86. The Bertz CT molecular complexity index is 663. The van der Waals surface area contributed by atoms with Crippen molar-refractivity contribution in [3.05, 3.63) is 24.0 Å². The maximum atomic E-state index is 13.4. The number of halogens is 1. The summed E-state index contributed by atoms with van der Waals surface area (Å²) in [6.45, 7) is 0.171. The molecule has 0 fully saturated rings. The molecule has 0 aliphatic rings. The van der Waals surface area contributed by atoms with Gasteiger partial charge in [0.2, 0.25) is 5.95 Å². The third kappa shape index (κ3) is 2.38. The number of nitrogen functional groups attached to an aromatic ring is 1. The van der Waals surface area contributed by atoms with Gasteiger partial charge in [0.1, 0.15) is 15.4 Å². The monoisotopic (exact) mass is 257 g/mol. The summed E-state index contributed by atoms with van der Waals surface area (Å²) in [7, 11) is -3.09. The Labute approximate surface area is 98.0 Å². The number of anilines is 1. The fourth-order valence-electron chi connectivity index (χ4n) is 1.62. The second kappa shape index (κ2) is 3.99. The van der Waals surface area contributed by atoms with E-state index < -0.39 is 15.7 Å². The fraction of sp³-hybridized carbons (Fsp3) is 0.300. The van der Waals surface area contributed by atoms with E-state index in [1.54, 1.807) is 6.07 Å². The number of aryl methyl sites for hydroxylation is 1. The third-order valence-corrected chi connectivity index (χ3v) is 3.37. The van der Waals surface area contributed by atoms with Crippen LogP contribution in [0.25, 0.3) is 11.0 Å². The van der Waals surface area contributed by atoms with E-state index in [2.05, 4.69) is 4.98 Å². The topological polar surface area (TPSA) is 78.0 Å². The number of aromatic nitrogens is 2. The summed E-state index contributed by atoms with van der Waals surface area (Å²) in [6.07, 6.45) is 1.14. The van der Waals surface area contributed by atoms with Crippen molar-refractivity contribution in [1.82, 2.24) is 9.55 Å². The minimum absolute atomic E-state index is 0.0564. The summed E-state index contributed by atoms with van der Waals surface area (Å²) in [4.78, 5) is 3.88. The molecular formula is C10H12FN3O2S. The van der Waals surface area contributed by atoms with Gasteiger partial charge in [0.25, 0.3) is 0 Å². The first-order valence-electron chi connectivity index (χ1n) is 4.96. The Morgan fingerprint density at radius 2 is 2.18 bits per heavy atom. The SMILES string of the molecule is CS(=O)(=O)CCn1c(N)nc2c(F)cccc21. The normalized spacial score (nSPS) is 12.1. The van der Waals surface area contributed by atoms with Gasteiger partial charge in [-0.2, -0.15) is 0 Å². The first-order valence-corrected chi connectivity index (χ1v) is 7.02. The van der Waals surface area contributed by atoms with Crippen molar-refractivity contribution in [1.29, 1.82) is 0 Å². The van der Waals surface area contributed by atoms with Gasteiger partial charge < -0.3 is 10.3 Å². The van der Waals surface area contributed by atoms with E-state index in [4.69, 9.17) is 5.73 Å². The van der Waals surface area contributed by atoms with Crippen LogP contribution in [0.5, 0.6) is 0 Å². The molecule has 0 atom stereocenters. The number of sulfone groups is 1. The van der Waals surface area contributed by atoms with E-state index in [9.17, 15) is 12.8 Å². The summed E-state index contributed by atoms with van der Waals surface area (Å²) < 4.78 is 37.1.